The fourth-order valence-corrected chi connectivity index (χ4v) is 1.96. The van der Waals surface area contributed by atoms with Crippen molar-refractivity contribution in [1.82, 2.24) is 14.5 Å². The molecule has 90 valence electrons. The molecule has 1 aromatic carbocycles. The zero-order chi connectivity index (χ0) is 12.7. The molecule has 0 aliphatic heterocycles. The van der Waals surface area contributed by atoms with Crippen LogP contribution in [0.15, 0.2) is 36.5 Å². The highest BCUT2D eigenvalue weighted by atomic mass is 19.1. The molecule has 5 heteroatoms. The van der Waals surface area contributed by atoms with E-state index in [0.717, 1.165) is 11.6 Å². The summed E-state index contributed by atoms with van der Waals surface area (Å²) in [4.78, 5) is 8.49. The topological polar surface area (TPSA) is 50.9 Å². The number of pyridine rings is 1. The second-order valence-electron chi connectivity index (χ2n) is 4.00. The Balaban J connectivity index is 2.28. The smallest absolute Gasteiger partial charge is 0.178 e. The summed E-state index contributed by atoms with van der Waals surface area (Å²) in [6, 6.07) is 7.58. The van der Waals surface area contributed by atoms with Crippen molar-refractivity contribution in [3.8, 4) is 17.1 Å². The van der Waals surface area contributed by atoms with Crippen molar-refractivity contribution < 1.29 is 9.50 Å². The van der Waals surface area contributed by atoms with Crippen LogP contribution in [0.4, 0.5) is 4.39 Å². The summed E-state index contributed by atoms with van der Waals surface area (Å²) in [5, 5.41) is 9.78. The van der Waals surface area contributed by atoms with Gasteiger partial charge in [0.15, 0.2) is 5.65 Å². The molecule has 0 atom stereocenters. The van der Waals surface area contributed by atoms with Crippen molar-refractivity contribution in [2.75, 3.05) is 0 Å². The van der Waals surface area contributed by atoms with E-state index in [1.165, 1.54) is 12.1 Å². The molecule has 4 nitrogen and oxygen atoms in total. The lowest BCUT2D eigenvalue weighted by Gasteiger charge is -2.04. The molecule has 2 heterocycles. The van der Waals surface area contributed by atoms with Gasteiger partial charge in [-0.25, -0.2) is 14.4 Å². The Morgan fingerprint density at radius 2 is 2.11 bits per heavy atom. The van der Waals surface area contributed by atoms with E-state index < -0.39 is 5.82 Å². The van der Waals surface area contributed by atoms with E-state index in [2.05, 4.69) is 9.97 Å². The van der Waals surface area contributed by atoms with Crippen LogP contribution in [0.25, 0.3) is 22.6 Å². The number of hydrogen-bond donors (Lipinski definition) is 1. The van der Waals surface area contributed by atoms with Gasteiger partial charge in [0, 0.05) is 19.3 Å². The number of aryl methyl sites for hydroxylation is 1. The van der Waals surface area contributed by atoms with Crippen LogP contribution in [0.3, 0.4) is 0 Å². The van der Waals surface area contributed by atoms with Crippen molar-refractivity contribution in [1.29, 1.82) is 0 Å². The van der Waals surface area contributed by atoms with Crippen LogP contribution in [0.1, 0.15) is 0 Å². The molecule has 18 heavy (non-hydrogen) atoms. The lowest BCUT2D eigenvalue weighted by molar-refractivity contribution is 0.470. The number of aromatic nitrogens is 3. The van der Waals surface area contributed by atoms with E-state index in [0.29, 0.717) is 17.0 Å². The van der Waals surface area contributed by atoms with Gasteiger partial charge < -0.3 is 9.67 Å². The predicted octanol–water partition coefficient (Wildman–Crippen LogP) is 2.48. The molecule has 0 saturated heterocycles. The predicted molar refractivity (Wildman–Crippen MR) is 65.6 cm³/mol. The van der Waals surface area contributed by atoms with Crippen molar-refractivity contribution in [2.45, 2.75) is 0 Å². The van der Waals surface area contributed by atoms with Crippen molar-refractivity contribution in [3.05, 3.63) is 42.3 Å². The van der Waals surface area contributed by atoms with Gasteiger partial charge in [-0.2, -0.15) is 0 Å². The van der Waals surface area contributed by atoms with Gasteiger partial charge in [0.05, 0.1) is 11.1 Å². The van der Waals surface area contributed by atoms with Crippen LogP contribution >= 0.6 is 0 Å². The lowest BCUT2D eigenvalue weighted by atomic mass is 10.2. The van der Waals surface area contributed by atoms with Gasteiger partial charge in [0.2, 0.25) is 0 Å². The minimum absolute atomic E-state index is 0.131. The van der Waals surface area contributed by atoms with E-state index in [-0.39, 0.29) is 5.75 Å². The highest BCUT2D eigenvalue weighted by Gasteiger charge is 2.13. The number of rotatable bonds is 1. The van der Waals surface area contributed by atoms with Crippen LogP contribution < -0.4 is 0 Å². The first kappa shape index (κ1) is 10.7. The molecule has 0 unspecified atom stereocenters. The molecule has 3 aromatic rings. The molecule has 0 aliphatic rings. The van der Waals surface area contributed by atoms with Crippen LogP contribution in [0, 0.1) is 5.82 Å². The maximum Gasteiger partial charge on any atom is 0.178 e. The number of halogens is 1. The summed E-state index contributed by atoms with van der Waals surface area (Å²) in [7, 11) is 1.83. The third kappa shape index (κ3) is 1.52. The Bertz CT molecular complexity index is 736. The number of phenolic OH excluding ortho intramolecular Hbond substituents is 1. The molecule has 0 radical (unpaired) electrons. The molecule has 2 aromatic heterocycles. The molecular formula is C13H10FN3O. The number of aromatic hydroxyl groups is 1. The lowest BCUT2D eigenvalue weighted by Crippen LogP contribution is -1.93. The summed E-state index contributed by atoms with van der Waals surface area (Å²) in [6.45, 7) is 0. The number of phenols is 1. The second kappa shape index (κ2) is 3.80. The molecule has 0 saturated carbocycles. The molecule has 0 bridgehead atoms. The summed E-state index contributed by atoms with van der Waals surface area (Å²) < 4.78 is 14.8. The molecule has 0 amide bonds. The first-order valence-electron chi connectivity index (χ1n) is 5.43. The first-order valence-corrected chi connectivity index (χ1v) is 5.43. The first-order chi connectivity index (χ1) is 8.66. The van der Waals surface area contributed by atoms with Gasteiger partial charge in [-0.1, -0.05) is 0 Å². The maximum atomic E-state index is 13.0. The minimum Gasteiger partial charge on any atom is -0.507 e. The molecule has 0 fully saturated rings. The number of hydrogen-bond acceptors (Lipinski definition) is 3. The number of benzene rings is 1. The monoisotopic (exact) mass is 243 g/mol. The Hall–Kier alpha value is -2.43. The van der Waals surface area contributed by atoms with E-state index in [9.17, 15) is 9.50 Å². The molecule has 0 aliphatic carbocycles. The van der Waals surface area contributed by atoms with Gasteiger partial charge >= 0.3 is 0 Å². The molecule has 3 rings (SSSR count). The van der Waals surface area contributed by atoms with E-state index >= 15 is 0 Å². The normalized spacial score (nSPS) is 11.0. The average molecular weight is 243 g/mol. The van der Waals surface area contributed by atoms with E-state index in [1.54, 1.807) is 6.20 Å². The second-order valence-corrected chi connectivity index (χ2v) is 4.00. The highest BCUT2D eigenvalue weighted by molar-refractivity contribution is 5.78. The number of imidazole rings is 1. The third-order valence-electron chi connectivity index (χ3n) is 2.86. The standard InChI is InChI=1S/C13H10FN3O/c1-17-10-3-2-6-15-12(10)16-13(17)9-5-4-8(14)7-11(9)18/h2-7,18H,1H3. The summed E-state index contributed by atoms with van der Waals surface area (Å²) in [5.74, 6) is -0.0530. The van der Waals surface area contributed by atoms with Gasteiger partial charge in [-0.15, -0.1) is 0 Å². The highest BCUT2D eigenvalue weighted by Crippen LogP contribution is 2.30. The van der Waals surface area contributed by atoms with Gasteiger partial charge in [-0.05, 0) is 24.3 Å². The van der Waals surface area contributed by atoms with Crippen LogP contribution in [0.5, 0.6) is 5.75 Å². The Morgan fingerprint density at radius 3 is 2.83 bits per heavy atom. The number of fused-ring (bicyclic) bond motifs is 1. The Morgan fingerprint density at radius 1 is 1.28 bits per heavy atom. The quantitative estimate of drug-likeness (QED) is 0.714. The fourth-order valence-electron chi connectivity index (χ4n) is 1.96. The SMILES string of the molecule is Cn1c(-c2ccc(F)cc2O)nc2ncccc21. The fraction of sp³-hybridized carbons (Fsp3) is 0.0769. The van der Waals surface area contributed by atoms with Crippen LogP contribution in [0.2, 0.25) is 0 Å². The van der Waals surface area contributed by atoms with E-state index in [1.807, 2.05) is 23.7 Å². The zero-order valence-electron chi connectivity index (χ0n) is 9.63. The van der Waals surface area contributed by atoms with Gasteiger partial charge in [0.1, 0.15) is 17.4 Å². The van der Waals surface area contributed by atoms with Gasteiger partial charge in [-0.3, -0.25) is 0 Å². The molecule has 1 N–H and O–H groups in total. The minimum atomic E-state index is -0.479. The third-order valence-corrected chi connectivity index (χ3v) is 2.86. The van der Waals surface area contributed by atoms with Crippen LogP contribution in [-0.4, -0.2) is 19.6 Å². The zero-order valence-corrected chi connectivity index (χ0v) is 9.63. The number of nitrogens with zero attached hydrogens (tertiary/aromatic N) is 3. The Kier molecular flexibility index (Phi) is 2.26. The molecule has 0 spiro atoms. The van der Waals surface area contributed by atoms with E-state index in [4.69, 9.17) is 0 Å². The van der Waals surface area contributed by atoms with Crippen molar-refractivity contribution in [2.24, 2.45) is 7.05 Å². The summed E-state index contributed by atoms with van der Waals surface area (Å²) >= 11 is 0. The summed E-state index contributed by atoms with van der Waals surface area (Å²) in [6.07, 6.45) is 1.66. The molecular weight excluding hydrogens is 233 g/mol. The van der Waals surface area contributed by atoms with Crippen molar-refractivity contribution in [3.63, 3.8) is 0 Å². The van der Waals surface area contributed by atoms with Crippen LogP contribution in [-0.2, 0) is 7.05 Å². The Labute approximate surface area is 102 Å². The van der Waals surface area contributed by atoms with Gasteiger partial charge in [0.25, 0.3) is 0 Å². The van der Waals surface area contributed by atoms with Crippen molar-refractivity contribution >= 4 is 11.2 Å². The summed E-state index contributed by atoms with van der Waals surface area (Å²) in [5.41, 5.74) is 1.94. The maximum absolute atomic E-state index is 13.0. The average Bonchev–Trinajstić information content (AvgIpc) is 2.68. The largest absolute Gasteiger partial charge is 0.507 e.